The second-order valence-corrected chi connectivity index (χ2v) is 6.90. The van der Waals surface area contributed by atoms with Gasteiger partial charge in [-0.15, -0.1) is 0 Å². The third-order valence-corrected chi connectivity index (χ3v) is 5.32. The fourth-order valence-electron chi connectivity index (χ4n) is 3.72. The Bertz CT molecular complexity index is 1020. The number of halogens is 1. The SMILES string of the molecule is COc1cccc2c1OC(c1ccccc1Cl)N1N=C(c3ccco3)CC21. The lowest BCUT2D eigenvalue weighted by atomic mass is 9.97. The van der Waals surface area contributed by atoms with Crippen LogP contribution in [-0.4, -0.2) is 17.8 Å². The zero-order chi connectivity index (χ0) is 18.4. The standard InChI is InChI=1S/C21H17ClN2O3/c1-25-19-9-4-7-14-17-12-16(18-10-5-11-26-18)23-24(17)21(27-20(14)19)13-6-2-3-8-15(13)22/h2-11,17,21H,12H2,1H3. The van der Waals surface area contributed by atoms with Gasteiger partial charge < -0.3 is 13.9 Å². The predicted molar refractivity (Wildman–Crippen MR) is 102 cm³/mol. The van der Waals surface area contributed by atoms with E-state index in [4.69, 9.17) is 30.6 Å². The highest BCUT2D eigenvalue weighted by atomic mass is 35.5. The van der Waals surface area contributed by atoms with Crippen LogP contribution < -0.4 is 9.47 Å². The van der Waals surface area contributed by atoms with Gasteiger partial charge in [0.1, 0.15) is 11.5 Å². The number of methoxy groups -OCH3 is 1. The van der Waals surface area contributed by atoms with Crippen molar-refractivity contribution in [2.45, 2.75) is 18.7 Å². The molecule has 0 bridgehead atoms. The Morgan fingerprint density at radius 2 is 1.93 bits per heavy atom. The Morgan fingerprint density at radius 3 is 2.70 bits per heavy atom. The van der Waals surface area contributed by atoms with Crippen LogP contribution in [0.25, 0.3) is 0 Å². The van der Waals surface area contributed by atoms with Gasteiger partial charge in [0.2, 0.25) is 6.23 Å². The quantitative estimate of drug-likeness (QED) is 0.627. The molecule has 5 nitrogen and oxygen atoms in total. The van der Waals surface area contributed by atoms with Crippen LogP contribution in [0.15, 0.2) is 70.4 Å². The summed E-state index contributed by atoms with van der Waals surface area (Å²) in [4.78, 5) is 0. The van der Waals surface area contributed by atoms with Crippen LogP contribution in [0.4, 0.5) is 0 Å². The Labute approximate surface area is 161 Å². The average molecular weight is 381 g/mol. The third-order valence-electron chi connectivity index (χ3n) is 4.98. The van der Waals surface area contributed by atoms with E-state index in [9.17, 15) is 0 Å². The van der Waals surface area contributed by atoms with Gasteiger partial charge in [-0.25, -0.2) is 5.01 Å². The third kappa shape index (κ3) is 2.58. The molecule has 2 unspecified atom stereocenters. The van der Waals surface area contributed by atoms with Gasteiger partial charge in [0, 0.05) is 22.6 Å². The number of para-hydroxylation sites is 1. The van der Waals surface area contributed by atoms with Gasteiger partial charge in [-0.3, -0.25) is 0 Å². The van der Waals surface area contributed by atoms with E-state index in [-0.39, 0.29) is 6.04 Å². The normalized spacial score (nSPS) is 20.5. The van der Waals surface area contributed by atoms with E-state index in [1.165, 1.54) is 0 Å². The zero-order valence-corrected chi connectivity index (χ0v) is 15.4. The van der Waals surface area contributed by atoms with Crippen molar-refractivity contribution < 1.29 is 13.9 Å². The Morgan fingerprint density at radius 1 is 1.07 bits per heavy atom. The summed E-state index contributed by atoms with van der Waals surface area (Å²) in [5, 5.41) is 7.45. The molecule has 2 aliphatic rings. The molecular formula is C21H17ClN2O3. The van der Waals surface area contributed by atoms with Crippen LogP contribution in [0.3, 0.4) is 0 Å². The number of hydrogen-bond acceptors (Lipinski definition) is 5. The van der Waals surface area contributed by atoms with Gasteiger partial charge in [0.15, 0.2) is 11.5 Å². The first-order valence-electron chi connectivity index (χ1n) is 8.74. The number of fused-ring (bicyclic) bond motifs is 3. The largest absolute Gasteiger partial charge is 0.493 e. The lowest BCUT2D eigenvalue weighted by Gasteiger charge is -2.38. The molecule has 2 aromatic carbocycles. The number of rotatable bonds is 3. The molecule has 0 aliphatic carbocycles. The monoisotopic (exact) mass is 380 g/mol. The molecule has 0 saturated carbocycles. The zero-order valence-electron chi connectivity index (χ0n) is 14.6. The maximum absolute atomic E-state index is 6.48. The first kappa shape index (κ1) is 16.3. The maximum atomic E-state index is 6.48. The van der Waals surface area contributed by atoms with Crippen LogP contribution in [-0.2, 0) is 0 Å². The van der Waals surface area contributed by atoms with Gasteiger partial charge in [0.25, 0.3) is 0 Å². The van der Waals surface area contributed by atoms with E-state index in [1.54, 1.807) is 13.4 Å². The summed E-state index contributed by atoms with van der Waals surface area (Å²) in [7, 11) is 1.65. The number of ether oxygens (including phenoxy) is 2. The summed E-state index contributed by atoms with van der Waals surface area (Å²) in [5.41, 5.74) is 2.80. The molecule has 3 heterocycles. The van der Waals surface area contributed by atoms with E-state index in [1.807, 2.05) is 53.5 Å². The maximum Gasteiger partial charge on any atom is 0.215 e. The van der Waals surface area contributed by atoms with Crippen LogP contribution in [0.2, 0.25) is 5.02 Å². The summed E-state index contributed by atoms with van der Waals surface area (Å²) < 4.78 is 17.5. The molecular weight excluding hydrogens is 364 g/mol. The molecule has 2 atom stereocenters. The molecule has 27 heavy (non-hydrogen) atoms. The predicted octanol–water partition coefficient (Wildman–Crippen LogP) is 5.18. The minimum atomic E-state index is -0.444. The van der Waals surface area contributed by atoms with Crippen molar-refractivity contribution in [3.05, 3.63) is 82.8 Å². The van der Waals surface area contributed by atoms with Crippen molar-refractivity contribution in [2.24, 2.45) is 5.10 Å². The molecule has 5 rings (SSSR count). The highest BCUT2D eigenvalue weighted by molar-refractivity contribution is 6.31. The summed E-state index contributed by atoms with van der Waals surface area (Å²) in [6, 6.07) is 17.4. The van der Waals surface area contributed by atoms with Crippen LogP contribution in [0.5, 0.6) is 11.5 Å². The summed E-state index contributed by atoms with van der Waals surface area (Å²) in [6.07, 6.45) is 1.94. The number of nitrogens with zero attached hydrogens (tertiary/aromatic N) is 2. The van der Waals surface area contributed by atoms with Crippen molar-refractivity contribution in [3.8, 4) is 11.5 Å². The van der Waals surface area contributed by atoms with Gasteiger partial charge >= 0.3 is 0 Å². The molecule has 0 radical (unpaired) electrons. The number of hydrogen-bond donors (Lipinski definition) is 0. The van der Waals surface area contributed by atoms with Gasteiger partial charge in [-0.1, -0.05) is 41.9 Å². The van der Waals surface area contributed by atoms with Crippen LogP contribution in [0, 0.1) is 0 Å². The molecule has 1 aromatic heterocycles. The van der Waals surface area contributed by atoms with E-state index < -0.39 is 6.23 Å². The first-order valence-corrected chi connectivity index (χ1v) is 9.11. The topological polar surface area (TPSA) is 47.2 Å². The Kier molecular flexibility index (Phi) is 3.83. The summed E-state index contributed by atoms with van der Waals surface area (Å²) in [5.74, 6) is 2.21. The first-order chi connectivity index (χ1) is 13.3. The lowest BCUT2D eigenvalue weighted by molar-refractivity contribution is -0.0208. The smallest absolute Gasteiger partial charge is 0.215 e. The van der Waals surface area contributed by atoms with Crippen molar-refractivity contribution in [2.75, 3.05) is 7.11 Å². The number of furan rings is 1. The molecule has 0 N–H and O–H groups in total. The minimum absolute atomic E-state index is 0.0187. The molecule has 0 amide bonds. The molecule has 3 aromatic rings. The van der Waals surface area contributed by atoms with E-state index in [0.29, 0.717) is 10.8 Å². The fraction of sp³-hybridized carbons (Fsp3) is 0.190. The number of hydrazone groups is 1. The van der Waals surface area contributed by atoms with Gasteiger partial charge in [-0.2, -0.15) is 5.10 Å². The molecule has 0 saturated heterocycles. The van der Waals surface area contributed by atoms with Crippen molar-refractivity contribution >= 4 is 17.3 Å². The fourth-order valence-corrected chi connectivity index (χ4v) is 3.95. The Balaban J connectivity index is 1.66. The van der Waals surface area contributed by atoms with E-state index >= 15 is 0 Å². The summed E-state index contributed by atoms with van der Waals surface area (Å²) >= 11 is 6.48. The molecule has 0 fully saturated rings. The second kappa shape index (κ2) is 6.35. The highest BCUT2D eigenvalue weighted by Crippen LogP contribution is 2.51. The molecule has 2 aliphatic heterocycles. The number of benzene rings is 2. The Hall–Kier alpha value is -2.92. The van der Waals surface area contributed by atoms with E-state index in [0.717, 1.165) is 34.8 Å². The van der Waals surface area contributed by atoms with Gasteiger partial charge in [0.05, 0.1) is 19.4 Å². The minimum Gasteiger partial charge on any atom is -0.493 e. The van der Waals surface area contributed by atoms with Gasteiger partial charge in [-0.05, 0) is 24.3 Å². The van der Waals surface area contributed by atoms with Crippen molar-refractivity contribution in [3.63, 3.8) is 0 Å². The van der Waals surface area contributed by atoms with Crippen LogP contribution >= 0.6 is 11.6 Å². The summed E-state index contributed by atoms with van der Waals surface area (Å²) in [6.45, 7) is 0. The second-order valence-electron chi connectivity index (χ2n) is 6.49. The average Bonchev–Trinajstić information content (AvgIpc) is 3.37. The molecule has 6 heteroatoms. The van der Waals surface area contributed by atoms with Crippen molar-refractivity contribution in [1.29, 1.82) is 0 Å². The van der Waals surface area contributed by atoms with Crippen LogP contribution in [0.1, 0.15) is 35.6 Å². The van der Waals surface area contributed by atoms with Crippen molar-refractivity contribution in [1.82, 2.24) is 5.01 Å². The highest BCUT2D eigenvalue weighted by Gasteiger charge is 2.43. The van der Waals surface area contributed by atoms with E-state index in [2.05, 4.69) is 6.07 Å². The lowest BCUT2D eigenvalue weighted by Crippen LogP contribution is -2.34. The molecule has 0 spiro atoms. The molecule has 136 valence electrons.